The molecular weight excluding hydrogens is 370 g/mol. The summed E-state index contributed by atoms with van der Waals surface area (Å²) >= 11 is 0. The standard InChI is InChI=1S/C20H25N7O2/c1-4-5-14-15(23-18(29)20(14,2)3)6-8-22-19-24-17-16(21-9-11-27(17)25-19)26-10-7-13(28)12-26/h4-6,9,11,13,28H,1,7-8,10,12H2,2-3H3,(H,22,25)(H,23,29)/b14-5+,15-6+/t13-/m1/s1. The molecule has 2 aliphatic heterocycles. The summed E-state index contributed by atoms with van der Waals surface area (Å²) in [6.45, 7) is 9.25. The fourth-order valence-electron chi connectivity index (χ4n) is 3.66. The SMILES string of the molecule is C=C/C=C1\C(=C/CNc2nc3c(N4CC[C@@H](O)C4)nccn3n2)NC(=O)C1(C)C. The molecule has 0 aliphatic carbocycles. The van der Waals surface area contributed by atoms with Crippen LogP contribution in [-0.2, 0) is 4.79 Å². The summed E-state index contributed by atoms with van der Waals surface area (Å²) < 4.78 is 1.67. The smallest absolute Gasteiger partial charge is 0.243 e. The van der Waals surface area contributed by atoms with Crippen LogP contribution >= 0.6 is 0 Å². The zero-order valence-corrected chi connectivity index (χ0v) is 16.6. The molecule has 2 aliphatic rings. The highest BCUT2D eigenvalue weighted by Gasteiger charge is 2.40. The van der Waals surface area contributed by atoms with Gasteiger partial charge in [0.1, 0.15) is 0 Å². The van der Waals surface area contributed by atoms with E-state index in [1.165, 1.54) is 0 Å². The highest BCUT2D eigenvalue weighted by atomic mass is 16.3. The number of β-amino-alcohol motifs (C(OH)–C–C–N with tert-alkyl or cyclic N) is 1. The molecule has 4 heterocycles. The normalized spacial score (nSPS) is 23.9. The third kappa shape index (κ3) is 3.49. The Morgan fingerprint density at radius 3 is 3.03 bits per heavy atom. The minimum atomic E-state index is -0.595. The molecule has 0 unspecified atom stereocenters. The lowest BCUT2D eigenvalue weighted by atomic mass is 9.85. The van der Waals surface area contributed by atoms with Crippen molar-refractivity contribution in [2.24, 2.45) is 5.41 Å². The van der Waals surface area contributed by atoms with Crippen LogP contribution in [0.2, 0.25) is 0 Å². The molecule has 1 atom stereocenters. The van der Waals surface area contributed by atoms with Crippen molar-refractivity contribution >= 4 is 23.3 Å². The van der Waals surface area contributed by atoms with Crippen molar-refractivity contribution in [2.75, 3.05) is 29.9 Å². The second kappa shape index (κ2) is 7.32. The number of aliphatic hydroxyl groups excluding tert-OH is 1. The lowest BCUT2D eigenvalue weighted by Crippen LogP contribution is -2.25. The summed E-state index contributed by atoms with van der Waals surface area (Å²) in [5, 5.41) is 20.3. The Morgan fingerprint density at radius 1 is 1.48 bits per heavy atom. The zero-order chi connectivity index (χ0) is 20.6. The van der Waals surface area contributed by atoms with Crippen LogP contribution in [0.25, 0.3) is 5.65 Å². The molecule has 2 aromatic rings. The number of aliphatic hydroxyl groups is 1. The van der Waals surface area contributed by atoms with Crippen LogP contribution in [0.15, 0.2) is 48.5 Å². The molecule has 9 heteroatoms. The Balaban J connectivity index is 1.52. The van der Waals surface area contributed by atoms with E-state index in [1.807, 2.05) is 30.9 Å². The van der Waals surface area contributed by atoms with Gasteiger partial charge in [-0.05, 0) is 31.9 Å². The Hall–Kier alpha value is -3.20. The fraction of sp³-hybridized carbons (Fsp3) is 0.400. The summed E-state index contributed by atoms with van der Waals surface area (Å²) in [7, 11) is 0. The molecule has 2 aromatic heterocycles. The van der Waals surface area contributed by atoms with Crippen LogP contribution in [0.3, 0.4) is 0 Å². The van der Waals surface area contributed by atoms with Gasteiger partial charge in [0, 0.05) is 37.7 Å². The number of anilines is 2. The average Bonchev–Trinajstić information content (AvgIpc) is 3.35. The topological polar surface area (TPSA) is 108 Å². The molecule has 29 heavy (non-hydrogen) atoms. The van der Waals surface area contributed by atoms with Crippen LogP contribution in [0, 0.1) is 5.41 Å². The lowest BCUT2D eigenvalue weighted by Gasteiger charge is -2.16. The average molecular weight is 395 g/mol. The first-order valence-corrected chi connectivity index (χ1v) is 9.63. The maximum Gasteiger partial charge on any atom is 0.243 e. The Morgan fingerprint density at radius 2 is 2.31 bits per heavy atom. The minimum absolute atomic E-state index is 0.0359. The number of carbonyl (C=O) groups is 1. The van der Waals surface area contributed by atoms with Crippen molar-refractivity contribution in [1.29, 1.82) is 0 Å². The number of fused-ring (bicyclic) bond motifs is 1. The van der Waals surface area contributed by atoms with E-state index in [0.717, 1.165) is 24.2 Å². The van der Waals surface area contributed by atoms with Crippen LogP contribution in [0.1, 0.15) is 20.3 Å². The molecule has 0 bridgehead atoms. The minimum Gasteiger partial charge on any atom is -0.391 e. The van der Waals surface area contributed by atoms with Gasteiger partial charge in [-0.25, -0.2) is 9.50 Å². The molecule has 0 spiro atoms. The fourth-order valence-corrected chi connectivity index (χ4v) is 3.66. The molecule has 152 valence electrons. The van der Waals surface area contributed by atoms with Crippen LogP contribution in [-0.4, -0.2) is 56.3 Å². The van der Waals surface area contributed by atoms with E-state index in [-0.39, 0.29) is 12.0 Å². The molecule has 0 saturated carbocycles. The number of carbonyl (C=O) groups excluding carboxylic acids is 1. The number of rotatable bonds is 5. The first-order valence-electron chi connectivity index (χ1n) is 9.63. The molecular formula is C20H25N7O2. The van der Waals surface area contributed by atoms with Crippen molar-refractivity contribution in [3.8, 4) is 0 Å². The van der Waals surface area contributed by atoms with Gasteiger partial charge in [0.25, 0.3) is 0 Å². The largest absolute Gasteiger partial charge is 0.391 e. The van der Waals surface area contributed by atoms with E-state index in [4.69, 9.17) is 0 Å². The molecule has 9 nitrogen and oxygen atoms in total. The van der Waals surface area contributed by atoms with Gasteiger partial charge in [-0.3, -0.25) is 4.79 Å². The maximum absolute atomic E-state index is 12.2. The van der Waals surface area contributed by atoms with Crippen LogP contribution < -0.4 is 15.5 Å². The summed E-state index contributed by atoms with van der Waals surface area (Å²) in [5.41, 5.74) is 1.72. The summed E-state index contributed by atoms with van der Waals surface area (Å²) in [6, 6.07) is 0. The van der Waals surface area contributed by atoms with Gasteiger partial charge in [0.05, 0.1) is 11.5 Å². The molecule has 4 rings (SSSR count). The monoisotopic (exact) mass is 395 g/mol. The number of amides is 1. The third-order valence-corrected chi connectivity index (χ3v) is 5.33. The number of hydrogen-bond donors (Lipinski definition) is 3. The van der Waals surface area contributed by atoms with Gasteiger partial charge >= 0.3 is 0 Å². The zero-order valence-electron chi connectivity index (χ0n) is 16.6. The molecule has 0 aromatic carbocycles. The van der Waals surface area contributed by atoms with Gasteiger partial charge in [0.15, 0.2) is 11.5 Å². The van der Waals surface area contributed by atoms with E-state index >= 15 is 0 Å². The number of aromatic nitrogens is 4. The van der Waals surface area contributed by atoms with Crippen molar-refractivity contribution in [2.45, 2.75) is 26.4 Å². The predicted octanol–water partition coefficient (Wildman–Crippen LogP) is 1.26. The molecule has 0 radical (unpaired) electrons. The second-order valence-corrected chi connectivity index (χ2v) is 7.74. The quantitative estimate of drug-likeness (QED) is 0.699. The number of nitrogens with one attached hydrogen (secondary N) is 2. The highest BCUT2D eigenvalue weighted by Crippen LogP contribution is 2.37. The van der Waals surface area contributed by atoms with Crippen LogP contribution in [0.4, 0.5) is 11.8 Å². The number of allylic oxidation sites excluding steroid dienone is 3. The van der Waals surface area contributed by atoms with Gasteiger partial charge in [-0.2, -0.15) is 4.98 Å². The molecule has 1 amide bonds. The Bertz CT molecular complexity index is 1020. The molecule has 2 saturated heterocycles. The van der Waals surface area contributed by atoms with Crippen molar-refractivity contribution in [1.82, 2.24) is 24.9 Å². The first-order chi connectivity index (χ1) is 13.9. The highest BCUT2D eigenvalue weighted by molar-refractivity contribution is 5.93. The Labute approximate surface area is 168 Å². The van der Waals surface area contributed by atoms with Gasteiger partial charge < -0.3 is 20.6 Å². The van der Waals surface area contributed by atoms with E-state index in [9.17, 15) is 9.90 Å². The van der Waals surface area contributed by atoms with E-state index in [2.05, 4.69) is 32.3 Å². The lowest BCUT2D eigenvalue weighted by molar-refractivity contribution is -0.124. The summed E-state index contributed by atoms with van der Waals surface area (Å²) in [4.78, 5) is 23.2. The Kier molecular flexibility index (Phi) is 4.83. The number of nitrogens with zero attached hydrogens (tertiary/aromatic N) is 5. The number of hydrogen-bond acceptors (Lipinski definition) is 7. The van der Waals surface area contributed by atoms with E-state index in [0.29, 0.717) is 30.5 Å². The molecule has 3 N–H and O–H groups in total. The van der Waals surface area contributed by atoms with Crippen molar-refractivity contribution in [3.63, 3.8) is 0 Å². The third-order valence-electron chi connectivity index (χ3n) is 5.33. The molecule has 2 fully saturated rings. The summed E-state index contributed by atoms with van der Waals surface area (Å²) in [5.74, 6) is 1.14. The van der Waals surface area contributed by atoms with E-state index in [1.54, 1.807) is 23.0 Å². The van der Waals surface area contributed by atoms with Crippen molar-refractivity contribution in [3.05, 3.63) is 48.5 Å². The summed E-state index contributed by atoms with van der Waals surface area (Å²) in [6.07, 6.45) is 9.25. The van der Waals surface area contributed by atoms with Gasteiger partial charge in [0.2, 0.25) is 11.9 Å². The second-order valence-electron chi connectivity index (χ2n) is 7.74. The first kappa shape index (κ1) is 19.1. The maximum atomic E-state index is 12.2. The predicted molar refractivity (Wildman–Crippen MR) is 110 cm³/mol. The van der Waals surface area contributed by atoms with Crippen molar-refractivity contribution < 1.29 is 9.90 Å². The van der Waals surface area contributed by atoms with Crippen LogP contribution in [0.5, 0.6) is 0 Å². The van der Waals surface area contributed by atoms with Gasteiger partial charge in [-0.1, -0.05) is 18.7 Å². The van der Waals surface area contributed by atoms with E-state index < -0.39 is 5.41 Å². The van der Waals surface area contributed by atoms with Gasteiger partial charge in [-0.15, -0.1) is 5.10 Å².